The number of hydrogen-bond donors (Lipinski definition) is 10. The molecule has 0 bridgehead atoms. The van der Waals surface area contributed by atoms with Crippen LogP contribution in [0.25, 0.3) is 5.00 Å². The monoisotopic (exact) mass is 1660 g/mol. The predicted octanol–water partition coefficient (Wildman–Crippen LogP) is 3.93. The Labute approximate surface area is 686 Å². The molecule has 0 aliphatic carbocycles. The summed E-state index contributed by atoms with van der Waals surface area (Å²) >= 11 is 8.01. The number of ether oxygens (including phenoxy) is 6. The fourth-order valence-corrected chi connectivity index (χ4v) is 13.5. The Morgan fingerprint density at radius 3 is 1.50 bits per heavy atom. The van der Waals surface area contributed by atoms with Crippen molar-refractivity contribution in [1.82, 2.24) is 89.4 Å². The minimum absolute atomic E-state index is 0.000703. The van der Waals surface area contributed by atoms with E-state index in [0.29, 0.717) is 109 Å². The number of aromatic nitrogens is 11. The number of hydrogen-bond acceptors (Lipinski definition) is 24. The molecule has 0 radical (unpaired) electrons. The Kier molecular flexibility index (Phi) is 35.5. The van der Waals surface area contributed by atoms with Gasteiger partial charge in [-0.2, -0.15) is 0 Å². The number of rotatable bonds is 51. The van der Waals surface area contributed by atoms with Gasteiger partial charge in [0.1, 0.15) is 28.3 Å². The number of benzene rings is 1. The van der Waals surface area contributed by atoms with Crippen molar-refractivity contribution in [3.63, 3.8) is 0 Å². The van der Waals surface area contributed by atoms with E-state index in [4.69, 9.17) is 45.0 Å². The zero-order valence-corrected chi connectivity index (χ0v) is 69.1. The molecule has 0 spiro atoms. The van der Waals surface area contributed by atoms with E-state index in [0.717, 1.165) is 66.0 Å². The highest BCUT2D eigenvalue weighted by Crippen LogP contribution is 2.40. The standard InChI is InChI=1S/C77H106ClN23O15S/c1-50-51(2)117-77-66(50)67(53-12-14-54(78)15-13-53)88-57(68-94-93-52(3)101(68)77)16-23-79-28-33-112-35-37-114-39-41-116-43-42-115-40-38-113-36-34-111-32-20-63(103)81-22-11-30-95(4)29-10-21-80-62(102)17-24-85-74(108)70-91-60(48-99(70)8)89-64(104)18-25-84-73(107)59-45-56(47-98(59)7)87-76(110)71-92-61(49-100(71)9)90-65(105)19-26-83-72(106)58-44-55(46-97(58)6)86-75(109)69-82-27-31-96(69)5/h12-15,27,31,44-49,57,79H,10-11,16-26,28-30,32-43H2,1-9H3,(H,80,102)(H,81,103)(H,83,106)(H,84,107)(H,85,108)(H,86,109)(H,87,110)(H,89,104)(H,90,105)/t57-/m0/s1. The van der Waals surface area contributed by atoms with Crippen molar-refractivity contribution in [1.29, 1.82) is 0 Å². The number of aryl methyl sites for hydroxylation is 7. The first-order valence-corrected chi connectivity index (χ1v) is 39.8. The number of nitrogens with zero attached hydrogens (tertiary/aromatic N) is 13. The first kappa shape index (κ1) is 90.0. The Morgan fingerprint density at radius 2 is 0.974 bits per heavy atom. The molecule has 632 valence electrons. The van der Waals surface area contributed by atoms with E-state index in [1.807, 2.05) is 38.2 Å². The molecule has 1 aliphatic rings. The highest BCUT2D eigenvalue weighted by molar-refractivity contribution is 7.15. The van der Waals surface area contributed by atoms with E-state index in [9.17, 15) is 43.2 Å². The molecule has 7 aromatic heterocycles. The number of carbonyl (C=O) groups excluding carboxylic acids is 9. The lowest BCUT2D eigenvalue weighted by atomic mass is 9.99. The normalized spacial score (nSPS) is 12.4. The second kappa shape index (κ2) is 46.2. The Morgan fingerprint density at radius 1 is 0.496 bits per heavy atom. The molecule has 117 heavy (non-hydrogen) atoms. The first-order chi connectivity index (χ1) is 56.4. The third-order valence-electron chi connectivity index (χ3n) is 18.4. The maximum absolute atomic E-state index is 13.3. The second-order valence-electron chi connectivity index (χ2n) is 27.5. The average molecular weight is 1660 g/mol. The minimum atomic E-state index is -0.638. The predicted molar refractivity (Wildman–Crippen MR) is 438 cm³/mol. The van der Waals surface area contributed by atoms with Crippen molar-refractivity contribution >= 4 is 105 Å². The van der Waals surface area contributed by atoms with Crippen LogP contribution in [0.1, 0.15) is 137 Å². The van der Waals surface area contributed by atoms with Crippen LogP contribution in [0.3, 0.4) is 0 Å². The molecule has 38 nitrogen and oxygen atoms in total. The molecule has 0 saturated heterocycles. The van der Waals surface area contributed by atoms with Crippen molar-refractivity contribution in [2.75, 3.05) is 167 Å². The molecule has 0 unspecified atom stereocenters. The van der Waals surface area contributed by atoms with E-state index in [2.05, 4.69) is 102 Å². The summed E-state index contributed by atoms with van der Waals surface area (Å²) in [7, 11) is 10.0. The molecule has 0 fully saturated rings. The third-order valence-corrected chi connectivity index (χ3v) is 19.9. The summed E-state index contributed by atoms with van der Waals surface area (Å²) in [6.07, 6.45) is 11.3. The van der Waals surface area contributed by atoms with Crippen molar-refractivity contribution in [2.45, 2.75) is 71.8 Å². The van der Waals surface area contributed by atoms with Crippen LogP contribution in [0.4, 0.5) is 23.0 Å². The maximum Gasteiger partial charge on any atom is 0.291 e. The smallest absolute Gasteiger partial charge is 0.291 e. The number of anilines is 4. The van der Waals surface area contributed by atoms with Gasteiger partial charge in [0.15, 0.2) is 23.3 Å². The third kappa shape index (κ3) is 27.9. The van der Waals surface area contributed by atoms with Gasteiger partial charge in [0.25, 0.3) is 29.5 Å². The first-order valence-electron chi connectivity index (χ1n) is 38.6. The number of nitrogens with one attached hydrogen (secondary N) is 10. The highest BCUT2D eigenvalue weighted by Gasteiger charge is 2.32. The number of carbonyl (C=O) groups is 9. The molecule has 0 saturated carbocycles. The molecule has 10 N–H and O–H groups in total. The summed E-state index contributed by atoms with van der Waals surface area (Å²) < 4.78 is 43.3. The van der Waals surface area contributed by atoms with Crippen LogP contribution >= 0.6 is 22.9 Å². The van der Waals surface area contributed by atoms with E-state index < -0.39 is 41.4 Å². The Hall–Kier alpha value is -10.9. The molecule has 9 rings (SSSR count). The molecule has 1 aromatic carbocycles. The van der Waals surface area contributed by atoms with Crippen LogP contribution < -0.4 is 53.2 Å². The summed E-state index contributed by atoms with van der Waals surface area (Å²) in [4.78, 5) is 137. The Bertz CT molecular complexity index is 4690. The van der Waals surface area contributed by atoms with Crippen LogP contribution in [-0.2, 0) is 82.8 Å². The molecular formula is C77H106ClN23O15S. The van der Waals surface area contributed by atoms with Gasteiger partial charge in [-0.1, -0.05) is 23.7 Å². The van der Waals surface area contributed by atoms with Crippen molar-refractivity contribution in [3.8, 4) is 5.00 Å². The van der Waals surface area contributed by atoms with E-state index in [1.54, 1.807) is 63.5 Å². The van der Waals surface area contributed by atoms with Gasteiger partial charge in [-0.3, -0.25) is 52.7 Å². The van der Waals surface area contributed by atoms with Crippen molar-refractivity contribution < 1.29 is 71.6 Å². The van der Waals surface area contributed by atoms with Gasteiger partial charge >= 0.3 is 0 Å². The molecule has 8 heterocycles. The number of thiophene rings is 1. The number of amides is 9. The minimum Gasteiger partial charge on any atom is -0.379 e. The number of halogens is 1. The van der Waals surface area contributed by atoms with Gasteiger partial charge < -0.3 is 109 Å². The number of aliphatic imine (C=N–C) groups is 1. The quantitative estimate of drug-likeness (QED) is 0.0241. The van der Waals surface area contributed by atoms with E-state index in [1.165, 1.54) is 65.6 Å². The largest absolute Gasteiger partial charge is 0.379 e. The van der Waals surface area contributed by atoms with Gasteiger partial charge in [-0.05, 0) is 96.5 Å². The van der Waals surface area contributed by atoms with Gasteiger partial charge in [0.2, 0.25) is 35.3 Å². The van der Waals surface area contributed by atoms with Crippen LogP contribution in [0.15, 0.2) is 78.6 Å². The lowest BCUT2D eigenvalue weighted by Crippen LogP contribution is -2.33. The van der Waals surface area contributed by atoms with Crippen LogP contribution in [0.5, 0.6) is 0 Å². The highest BCUT2D eigenvalue weighted by atomic mass is 35.5. The van der Waals surface area contributed by atoms with Crippen LogP contribution in [0, 0.1) is 20.8 Å². The SMILES string of the molecule is Cc1sc2c(c1C)C(c1ccc(Cl)cc1)=N[C@@H](CCNCCOCCOCCOCCOCCOCCOCCC(=O)NCCCN(C)CCCNC(=O)CCNC(=O)c1nc(NC(=O)CCNC(=O)c3cc(NC(=O)c4nc(NC(=O)CCNC(=O)c5cc(NC(=O)c6nccn6C)cn5C)cn4C)cn3C)cn1C)c1nnc(C)n1-2. The number of fused-ring (bicyclic) bond motifs is 3. The summed E-state index contributed by atoms with van der Waals surface area (Å²) in [6, 6.07) is 10.6. The fourth-order valence-electron chi connectivity index (χ4n) is 12.2. The van der Waals surface area contributed by atoms with E-state index >= 15 is 0 Å². The summed E-state index contributed by atoms with van der Waals surface area (Å²) in [5.41, 5.74) is 5.35. The van der Waals surface area contributed by atoms with Gasteiger partial charge in [0, 0.05) is 158 Å². The molecule has 40 heteroatoms. The molecular weight excluding hydrogens is 1550 g/mol. The summed E-state index contributed by atoms with van der Waals surface area (Å²) in [6.45, 7) is 15.2. The van der Waals surface area contributed by atoms with Crippen molar-refractivity contribution in [3.05, 3.63) is 141 Å². The summed E-state index contributed by atoms with van der Waals surface area (Å²) in [5.74, 6) is -1.94. The van der Waals surface area contributed by atoms with Crippen molar-refractivity contribution in [2.24, 2.45) is 40.2 Å². The van der Waals surface area contributed by atoms with Gasteiger partial charge in [-0.15, -0.1) is 21.5 Å². The lowest BCUT2D eigenvalue weighted by molar-refractivity contribution is -0.122. The summed E-state index contributed by atoms with van der Waals surface area (Å²) in [5, 5.41) is 38.8. The van der Waals surface area contributed by atoms with Gasteiger partial charge in [0.05, 0.1) is 96.4 Å². The average Bonchev–Trinajstić information content (AvgIpc) is 1.59. The lowest BCUT2D eigenvalue weighted by Gasteiger charge is -2.16. The van der Waals surface area contributed by atoms with Crippen LogP contribution in [-0.4, -0.2) is 262 Å². The topological polar surface area (TPSA) is 439 Å². The van der Waals surface area contributed by atoms with Gasteiger partial charge in [-0.25, -0.2) is 15.0 Å². The Balaban J connectivity index is 0.508. The molecule has 1 aliphatic heterocycles. The zero-order valence-electron chi connectivity index (χ0n) is 67.5. The van der Waals surface area contributed by atoms with E-state index in [-0.39, 0.29) is 116 Å². The number of imidazole rings is 3. The fraction of sp³-hybridized carbons (Fsp3) is 0.494. The zero-order chi connectivity index (χ0) is 83.8. The molecule has 9 amide bonds. The van der Waals surface area contributed by atoms with Crippen LogP contribution in [0.2, 0.25) is 5.02 Å². The molecule has 1 atom stereocenters. The molecule has 8 aromatic rings. The maximum atomic E-state index is 13.3. The second-order valence-corrected chi connectivity index (χ2v) is 29.2.